The number of esters is 1. The summed E-state index contributed by atoms with van der Waals surface area (Å²) >= 11 is 1.21. The minimum Gasteiger partial charge on any atom is -0.506 e. The van der Waals surface area contributed by atoms with Crippen molar-refractivity contribution in [3.05, 3.63) is 15.8 Å². The number of thiophene rings is 1. The van der Waals surface area contributed by atoms with E-state index in [-0.39, 0.29) is 10.6 Å². The van der Waals surface area contributed by atoms with Crippen molar-refractivity contribution in [3.63, 3.8) is 0 Å². The Hall–Kier alpha value is -1.03. The average molecular weight is 186 g/mol. The highest BCUT2D eigenvalue weighted by molar-refractivity contribution is 7.12. The monoisotopic (exact) mass is 186 g/mol. The lowest BCUT2D eigenvalue weighted by molar-refractivity contribution is 0.0603. The quantitative estimate of drug-likeness (QED) is 0.716. The van der Waals surface area contributed by atoms with E-state index in [1.807, 2.05) is 6.92 Å². The first-order valence-corrected chi connectivity index (χ1v) is 4.46. The Bertz CT molecular complexity index is 290. The molecule has 0 aliphatic carbocycles. The van der Waals surface area contributed by atoms with Crippen LogP contribution in [0.25, 0.3) is 0 Å². The Morgan fingerprint density at radius 3 is 2.83 bits per heavy atom. The standard InChI is InChI=1S/C8H10O3S/c1-3-5-4-12-7(6(5)9)8(10)11-2/h4,9H,3H2,1-2H3. The van der Waals surface area contributed by atoms with E-state index in [9.17, 15) is 9.90 Å². The summed E-state index contributed by atoms with van der Waals surface area (Å²) in [6, 6.07) is 0. The summed E-state index contributed by atoms with van der Waals surface area (Å²) in [6.45, 7) is 1.92. The number of aromatic hydroxyl groups is 1. The molecule has 1 aromatic rings. The van der Waals surface area contributed by atoms with E-state index in [4.69, 9.17) is 0 Å². The van der Waals surface area contributed by atoms with Gasteiger partial charge >= 0.3 is 5.97 Å². The molecule has 0 fully saturated rings. The number of ether oxygens (including phenoxy) is 1. The molecule has 0 amide bonds. The fraction of sp³-hybridized carbons (Fsp3) is 0.375. The molecule has 1 aromatic heterocycles. The van der Waals surface area contributed by atoms with Crippen molar-refractivity contribution in [2.45, 2.75) is 13.3 Å². The zero-order chi connectivity index (χ0) is 9.14. The SMILES string of the molecule is CCc1csc(C(=O)OC)c1O. The topological polar surface area (TPSA) is 46.5 Å². The van der Waals surface area contributed by atoms with Gasteiger partial charge in [-0.2, -0.15) is 0 Å². The predicted octanol–water partition coefficient (Wildman–Crippen LogP) is 1.80. The van der Waals surface area contributed by atoms with E-state index in [1.165, 1.54) is 18.4 Å². The van der Waals surface area contributed by atoms with E-state index in [2.05, 4.69) is 4.74 Å². The molecule has 0 aliphatic rings. The third-order valence-electron chi connectivity index (χ3n) is 1.59. The van der Waals surface area contributed by atoms with E-state index in [1.54, 1.807) is 5.38 Å². The molecule has 3 nitrogen and oxygen atoms in total. The van der Waals surface area contributed by atoms with Crippen LogP contribution in [0.15, 0.2) is 5.38 Å². The minimum atomic E-state index is -0.475. The number of hydrogen-bond donors (Lipinski definition) is 1. The minimum absolute atomic E-state index is 0.0642. The first-order valence-electron chi connectivity index (χ1n) is 3.58. The molecular weight excluding hydrogens is 176 g/mol. The second-order valence-electron chi connectivity index (χ2n) is 2.28. The van der Waals surface area contributed by atoms with Crippen molar-refractivity contribution in [1.82, 2.24) is 0 Å². The van der Waals surface area contributed by atoms with Crippen LogP contribution < -0.4 is 0 Å². The van der Waals surface area contributed by atoms with Crippen LogP contribution in [0, 0.1) is 0 Å². The van der Waals surface area contributed by atoms with E-state index >= 15 is 0 Å². The van der Waals surface area contributed by atoms with Gasteiger partial charge in [-0.1, -0.05) is 6.92 Å². The van der Waals surface area contributed by atoms with Gasteiger partial charge in [0.15, 0.2) is 4.88 Å². The summed E-state index contributed by atoms with van der Waals surface area (Å²) < 4.78 is 4.49. The van der Waals surface area contributed by atoms with Gasteiger partial charge < -0.3 is 9.84 Å². The largest absolute Gasteiger partial charge is 0.506 e. The molecule has 0 saturated carbocycles. The number of carbonyl (C=O) groups excluding carboxylic acids is 1. The highest BCUT2D eigenvalue weighted by Crippen LogP contribution is 2.29. The van der Waals surface area contributed by atoms with Gasteiger partial charge in [-0.05, 0) is 11.8 Å². The second kappa shape index (κ2) is 3.58. The number of aryl methyl sites for hydroxylation is 1. The van der Waals surface area contributed by atoms with E-state index in [0.29, 0.717) is 0 Å². The second-order valence-corrected chi connectivity index (χ2v) is 3.16. The van der Waals surface area contributed by atoms with Crippen molar-refractivity contribution >= 4 is 17.3 Å². The number of rotatable bonds is 2. The van der Waals surface area contributed by atoms with Gasteiger partial charge in [0.1, 0.15) is 5.75 Å². The third-order valence-corrected chi connectivity index (χ3v) is 2.59. The Kier molecular flexibility index (Phi) is 2.70. The van der Waals surface area contributed by atoms with E-state index in [0.717, 1.165) is 12.0 Å². The zero-order valence-electron chi connectivity index (χ0n) is 6.96. The molecule has 0 aliphatic heterocycles. The molecule has 66 valence electrons. The molecule has 0 saturated heterocycles. The molecule has 0 bridgehead atoms. The fourth-order valence-electron chi connectivity index (χ4n) is 0.876. The first kappa shape index (κ1) is 9.06. The normalized spacial score (nSPS) is 9.83. The predicted molar refractivity (Wildman–Crippen MR) is 46.7 cm³/mol. The Labute approximate surface area is 74.6 Å². The maximum absolute atomic E-state index is 11.0. The van der Waals surface area contributed by atoms with Gasteiger partial charge in [-0.15, -0.1) is 11.3 Å². The fourth-order valence-corrected chi connectivity index (χ4v) is 1.84. The van der Waals surface area contributed by atoms with Gasteiger partial charge in [0.25, 0.3) is 0 Å². The molecule has 1 rings (SSSR count). The van der Waals surface area contributed by atoms with Crippen LogP contribution in [-0.2, 0) is 11.2 Å². The number of methoxy groups -OCH3 is 1. The molecule has 12 heavy (non-hydrogen) atoms. The maximum atomic E-state index is 11.0. The lowest BCUT2D eigenvalue weighted by Gasteiger charge is -1.96. The molecule has 0 aromatic carbocycles. The highest BCUT2D eigenvalue weighted by Gasteiger charge is 2.16. The summed E-state index contributed by atoms with van der Waals surface area (Å²) in [4.78, 5) is 11.3. The lowest BCUT2D eigenvalue weighted by Crippen LogP contribution is -1.98. The van der Waals surface area contributed by atoms with Crippen molar-refractivity contribution in [1.29, 1.82) is 0 Å². The van der Waals surface area contributed by atoms with Gasteiger partial charge in [0.05, 0.1) is 7.11 Å². The average Bonchev–Trinajstić information content (AvgIpc) is 2.45. The Morgan fingerprint density at radius 2 is 2.42 bits per heavy atom. The lowest BCUT2D eigenvalue weighted by atomic mass is 10.2. The van der Waals surface area contributed by atoms with Gasteiger partial charge in [0, 0.05) is 5.56 Å². The van der Waals surface area contributed by atoms with Crippen molar-refractivity contribution in [2.24, 2.45) is 0 Å². The highest BCUT2D eigenvalue weighted by atomic mass is 32.1. The van der Waals surface area contributed by atoms with Gasteiger partial charge in [0.2, 0.25) is 0 Å². The van der Waals surface area contributed by atoms with Crippen LogP contribution in [-0.4, -0.2) is 18.2 Å². The molecule has 0 radical (unpaired) electrons. The summed E-state index contributed by atoms with van der Waals surface area (Å²) in [5.74, 6) is -0.411. The van der Waals surface area contributed by atoms with Crippen LogP contribution in [0.5, 0.6) is 5.75 Å². The number of hydrogen-bond acceptors (Lipinski definition) is 4. The van der Waals surface area contributed by atoms with Crippen LogP contribution in [0.3, 0.4) is 0 Å². The van der Waals surface area contributed by atoms with E-state index < -0.39 is 5.97 Å². The molecule has 1 N–H and O–H groups in total. The van der Waals surface area contributed by atoms with Gasteiger partial charge in [-0.25, -0.2) is 4.79 Å². The Morgan fingerprint density at radius 1 is 1.75 bits per heavy atom. The molecule has 1 heterocycles. The maximum Gasteiger partial charge on any atom is 0.351 e. The summed E-state index contributed by atoms with van der Waals surface area (Å²) in [5.41, 5.74) is 0.792. The zero-order valence-corrected chi connectivity index (χ0v) is 7.77. The summed E-state index contributed by atoms with van der Waals surface area (Å²) in [5, 5.41) is 11.2. The molecule has 0 spiro atoms. The van der Waals surface area contributed by atoms with Crippen LogP contribution >= 0.6 is 11.3 Å². The number of carbonyl (C=O) groups is 1. The summed E-state index contributed by atoms with van der Waals surface area (Å²) in [7, 11) is 1.30. The molecule has 4 heteroatoms. The molecule has 0 unspecified atom stereocenters. The molecular formula is C8H10O3S. The van der Waals surface area contributed by atoms with Crippen LogP contribution in [0.1, 0.15) is 22.2 Å². The van der Waals surface area contributed by atoms with Crippen molar-refractivity contribution in [3.8, 4) is 5.75 Å². The van der Waals surface area contributed by atoms with Crippen molar-refractivity contribution in [2.75, 3.05) is 7.11 Å². The molecule has 0 atom stereocenters. The third kappa shape index (κ3) is 1.43. The van der Waals surface area contributed by atoms with Crippen molar-refractivity contribution < 1.29 is 14.6 Å². The smallest absolute Gasteiger partial charge is 0.351 e. The Balaban J connectivity index is 3.02. The van der Waals surface area contributed by atoms with Gasteiger partial charge in [-0.3, -0.25) is 0 Å². The summed E-state index contributed by atoms with van der Waals surface area (Å²) in [6.07, 6.45) is 0.722. The van der Waals surface area contributed by atoms with Crippen LogP contribution in [0.4, 0.5) is 0 Å². The van der Waals surface area contributed by atoms with Crippen LogP contribution in [0.2, 0.25) is 0 Å². The first-order chi connectivity index (χ1) is 5.70.